The minimum Gasteiger partial charge on any atom is -0.370 e. The fourth-order valence-electron chi connectivity index (χ4n) is 2.68. The molecule has 2 atom stereocenters. The van der Waals surface area contributed by atoms with Gasteiger partial charge in [0.25, 0.3) is 5.91 Å². The summed E-state index contributed by atoms with van der Waals surface area (Å²) in [4.78, 5) is 14.1. The summed E-state index contributed by atoms with van der Waals surface area (Å²) < 4.78 is 5.13. The van der Waals surface area contributed by atoms with Crippen molar-refractivity contribution in [3.63, 3.8) is 0 Å². The number of ether oxygens (including phenoxy) is 1. The van der Waals surface area contributed by atoms with Crippen LogP contribution in [0.4, 0.5) is 0 Å². The van der Waals surface area contributed by atoms with E-state index in [0.29, 0.717) is 11.3 Å². The average Bonchev–Trinajstić information content (AvgIpc) is 2.55. The lowest BCUT2D eigenvalue weighted by atomic mass is 9.77. The highest BCUT2D eigenvalue weighted by molar-refractivity contribution is 5.85. The molecule has 0 aromatic heterocycles. The smallest absolute Gasteiger partial charge is 0.253 e. The van der Waals surface area contributed by atoms with Crippen molar-refractivity contribution in [2.75, 3.05) is 26.7 Å². The molecule has 114 valence electrons. The van der Waals surface area contributed by atoms with Gasteiger partial charge in [-0.1, -0.05) is 20.8 Å². The van der Waals surface area contributed by atoms with Crippen LogP contribution in [-0.2, 0) is 9.53 Å². The Morgan fingerprint density at radius 3 is 2.47 bits per heavy atom. The summed E-state index contributed by atoms with van der Waals surface area (Å²) in [5, 5.41) is 0. The van der Waals surface area contributed by atoms with Gasteiger partial charge in [-0.25, -0.2) is 0 Å². The molecule has 0 bridgehead atoms. The SMILES string of the molecule is COC(CN)C(=O)N1CCCC(C(C)(C)C)CC1.Cl. The second kappa shape index (κ2) is 8.08. The van der Waals surface area contributed by atoms with E-state index in [2.05, 4.69) is 20.8 Å². The summed E-state index contributed by atoms with van der Waals surface area (Å²) in [6.45, 7) is 8.79. The van der Waals surface area contributed by atoms with Gasteiger partial charge in [0.15, 0.2) is 0 Å². The van der Waals surface area contributed by atoms with Gasteiger partial charge < -0.3 is 15.4 Å². The van der Waals surface area contributed by atoms with E-state index in [-0.39, 0.29) is 24.9 Å². The first kappa shape index (κ1) is 18.7. The number of carbonyl (C=O) groups is 1. The monoisotopic (exact) mass is 292 g/mol. The summed E-state index contributed by atoms with van der Waals surface area (Å²) in [5.74, 6) is 0.740. The number of nitrogens with zero attached hydrogens (tertiary/aromatic N) is 1. The normalized spacial score (nSPS) is 22.4. The zero-order valence-corrected chi connectivity index (χ0v) is 13.5. The van der Waals surface area contributed by atoms with Gasteiger partial charge in [-0.2, -0.15) is 0 Å². The third-order valence-corrected chi connectivity index (χ3v) is 4.04. The molecule has 1 saturated heterocycles. The molecule has 1 rings (SSSR count). The van der Waals surface area contributed by atoms with Gasteiger partial charge in [-0.15, -0.1) is 12.4 Å². The summed E-state index contributed by atoms with van der Waals surface area (Å²) >= 11 is 0. The molecule has 5 heteroatoms. The molecule has 2 N–H and O–H groups in total. The Morgan fingerprint density at radius 1 is 1.37 bits per heavy atom. The van der Waals surface area contributed by atoms with Crippen LogP contribution in [0.2, 0.25) is 0 Å². The van der Waals surface area contributed by atoms with Crippen LogP contribution in [-0.4, -0.2) is 43.7 Å². The first-order valence-corrected chi connectivity index (χ1v) is 6.91. The van der Waals surface area contributed by atoms with Crippen molar-refractivity contribution in [2.45, 2.75) is 46.1 Å². The number of hydrogen-bond donors (Lipinski definition) is 1. The molecule has 19 heavy (non-hydrogen) atoms. The lowest BCUT2D eigenvalue weighted by Crippen LogP contribution is -2.44. The Kier molecular flexibility index (Phi) is 7.94. The quantitative estimate of drug-likeness (QED) is 0.866. The number of halogens is 1. The third-order valence-electron chi connectivity index (χ3n) is 4.04. The van der Waals surface area contributed by atoms with Crippen LogP contribution < -0.4 is 5.73 Å². The maximum Gasteiger partial charge on any atom is 0.253 e. The van der Waals surface area contributed by atoms with E-state index in [9.17, 15) is 4.79 Å². The van der Waals surface area contributed by atoms with Crippen LogP contribution in [0.15, 0.2) is 0 Å². The van der Waals surface area contributed by atoms with Crippen molar-refractivity contribution in [1.82, 2.24) is 4.90 Å². The molecule has 0 saturated carbocycles. The maximum absolute atomic E-state index is 12.2. The summed E-state index contributed by atoms with van der Waals surface area (Å²) in [7, 11) is 1.55. The second-order valence-corrected chi connectivity index (χ2v) is 6.28. The highest BCUT2D eigenvalue weighted by atomic mass is 35.5. The van der Waals surface area contributed by atoms with Gasteiger partial charge in [0.2, 0.25) is 0 Å². The lowest BCUT2D eigenvalue weighted by molar-refractivity contribution is -0.141. The van der Waals surface area contributed by atoms with Crippen molar-refractivity contribution in [1.29, 1.82) is 0 Å². The Balaban J connectivity index is 0.00000324. The van der Waals surface area contributed by atoms with E-state index in [0.717, 1.165) is 25.9 Å². The van der Waals surface area contributed by atoms with Crippen molar-refractivity contribution in [3.8, 4) is 0 Å². The van der Waals surface area contributed by atoms with Gasteiger partial charge in [-0.3, -0.25) is 4.79 Å². The molecule has 1 fully saturated rings. The Labute approximate surface area is 123 Å². The van der Waals surface area contributed by atoms with Crippen LogP contribution >= 0.6 is 12.4 Å². The molecule has 0 aliphatic carbocycles. The van der Waals surface area contributed by atoms with Crippen LogP contribution in [0.1, 0.15) is 40.0 Å². The topological polar surface area (TPSA) is 55.6 Å². The predicted molar refractivity (Wildman–Crippen MR) is 80.5 cm³/mol. The number of methoxy groups -OCH3 is 1. The Hall–Kier alpha value is -0.320. The molecular formula is C14H29ClN2O2. The summed E-state index contributed by atoms with van der Waals surface area (Å²) in [5.41, 5.74) is 5.88. The van der Waals surface area contributed by atoms with E-state index >= 15 is 0 Å². The number of amides is 1. The van der Waals surface area contributed by atoms with E-state index in [4.69, 9.17) is 10.5 Å². The predicted octanol–water partition coefficient (Wildman–Crippen LogP) is 2.06. The molecule has 2 unspecified atom stereocenters. The standard InChI is InChI=1S/C14H28N2O2.ClH/c1-14(2,3)11-6-5-8-16(9-7-11)13(17)12(10-15)18-4;/h11-12H,5-10,15H2,1-4H3;1H. The molecule has 0 radical (unpaired) electrons. The molecule has 0 aromatic carbocycles. The number of likely N-dealkylation sites (tertiary alicyclic amines) is 1. The Bertz CT molecular complexity index is 275. The van der Waals surface area contributed by atoms with Crippen LogP contribution in [0, 0.1) is 11.3 Å². The van der Waals surface area contributed by atoms with E-state index in [1.54, 1.807) is 7.11 Å². The lowest BCUT2D eigenvalue weighted by Gasteiger charge is -2.30. The number of rotatable bonds is 3. The third kappa shape index (κ3) is 5.28. The summed E-state index contributed by atoms with van der Waals surface area (Å²) in [6.07, 6.45) is 2.88. The number of carbonyl (C=O) groups excluding carboxylic acids is 1. The Morgan fingerprint density at radius 2 is 2.00 bits per heavy atom. The van der Waals surface area contributed by atoms with Crippen LogP contribution in [0.5, 0.6) is 0 Å². The van der Waals surface area contributed by atoms with Crippen molar-refractivity contribution in [3.05, 3.63) is 0 Å². The first-order chi connectivity index (χ1) is 8.40. The number of nitrogens with two attached hydrogens (primary N) is 1. The van der Waals surface area contributed by atoms with Crippen molar-refractivity contribution in [2.24, 2.45) is 17.1 Å². The minimum atomic E-state index is -0.476. The van der Waals surface area contributed by atoms with Gasteiger partial charge in [-0.05, 0) is 30.6 Å². The van der Waals surface area contributed by atoms with Crippen molar-refractivity contribution >= 4 is 18.3 Å². The molecule has 4 nitrogen and oxygen atoms in total. The maximum atomic E-state index is 12.2. The molecule has 1 aliphatic heterocycles. The second-order valence-electron chi connectivity index (χ2n) is 6.28. The molecule has 1 heterocycles. The number of hydrogen-bond acceptors (Lipinski definition) is 3. The largest absolute Gasteiger partial charge is 0.370 e. The van der Waals surface area contributed by atoms with Gasteiger partial charge in [0, 0.05) is 26.7 Å². The molecular weight excluding hydrogens is 264 g/mol. The fourth-order valence-corrected chi connectivity index (χ4v) is 2.68. The van der Waals surface area contributed by atoms with Gasteiger partial charge in [0.1, 0.15) is 6.10 Å². The van der Waals surface area contributed by atoms with E-state index in [1.165, 1.54) is 6.42 Å². The molecule has 0 aromatic rings. The zero-order chi connectivity index (χ0) is 13.8. The highest BCUT2D eigenvalue weighted by Crippen LogP contribution is 2.34. The molecule has 0 spiro atoms. The van der Waals surface area contributed by atoms with E-state index in [1.807, 2.05) is 4.90 Å². The van der Waals surface area contributed by atoms with Gasteiger partial charge in [0.05, 0.1) is 0 Å². The molecule has 1 aliphatic rings. The van der Waals surface area contributed by atoms with Gasteiger partial charge >= 0.3 is 0 Å². The first-order valence-electron chi connectivity index (χ1n) is 6.91. The molecule has 1 amide bonds. The average molecular weight is 293 g/mol. The zero-order valence-electron chi connectivity index (χ0n) is 12.6. The van der Waals surface area contributed by atoms with E-state index < -0.39 is 6.10 Å². The minimum absolute atomic E-state index is 0. The van der Waals surface area contributed by atoms with Crippen LogP contribution in [0.25, 0.3) is 0 Å². The highest BCUT2D eigenvalue weighted by Gasteiger charge is 2.30. The summed E-state index contributed by atoms with van der Waals surface area (Å²) in [6, 6.07) is 0. The van der Waals surface area contributed by atoms with Crippen molar-refractivity contribution < 1.29 is 9.53 Å². The van der Waals surface area contributed by atoms with Crippen LogP contribution in [0.3, 0.4) is 0 Å². The fraction of sp³-hybridized carbons (Fsp3) is 0.929.